The maximum Gasteiger partial charge on any atom is 0.238 e. The molecular weight excluding hydrogens is 338 g/mol. The van der Waals surface area contributed by atoms with Crippen LogP contribution in [0.4, 0.5) is 0 Å². The van der Waals surface area contributed by atoms with Crippen LogP contribution in [0.3, 0.4) is 0 Å². The summed E-state index contributed by atoms with van der Waals surface area (Å²) in [6.45, 7) is 1.52. The molecule has 2 aromatic carbocycles. The van der Waals surface area contributed by atoms with E-state index >= 15 is 0 Å². The van der Waals surface area contributed by atoms with E-state index < -0.39 is 10.0 Å². The topological polar surface area (TPSA) is 97.2 Å². The molecule has 0 amide bonds. The lowest BCUT2D eigenvalue weighted by molar-refractivity contribution is 0.415. The standard InChI is InChI=1S/C18H21N3O3S/c1-24-15-4-7-18-17(10-15)14(12-21-18)11-20-9-8-13-2-5-16(6-3-13)25(19,22)23/h2-7,10,12,20-21H,8-9,11H2,1H3,(H2,19,22,23). The molecule has 0 bridgehead atoms. The van der Waals surface area contributed by atoms with Crippen LogP contribution in [-0.4, -0.2) is 27.1 Å². The van der Waals surface area contributed by atoms with Crippen molar-refractivity contribution in [3.8, 4) is 5.75 Å². The molecule has 4 N–H and O–H groups in total. The third-order valence-corrected chi connectivity index (χ3v) is 5.06. The maximum atomic E-state index is 11.2. The van der Waals surface area contributed by atoms with Gasteiger partial charge < -0.3 is 15.0 Å². The Labute approximate surface area is 147 Å². The first-order valence-electron chi connectivity index (χ1n) is 7.94. The molecule has 0 fully saturated rings. The molecule has 3 rings (SSSR count). The van der Waals surface area contributed by atoms with E-state index in [1.807, 2.05) is 24.4 Å². The lowest BCUT2D eigenvalue weighted by Gasteiger charge is -2.06. The van der Waals surface area contributed by atoms with Crippen LogP contribution in [0.15, 0.2) is 53.6 Å². The number of primary sulfonamides is 1. The van der Waals surface area contributed by atoms with Crippen molar-refractivity contribution in [2.24, 2.45) is 5.14 Å². The van der Waals surface area contributed by atoms with Crippen molar-refractivity contribution in [2.75, 3.05) is 13.7 Å². The number of hydrogen-bond acceptors (Lipinski definition) is 4. The van der Waals surface area contributed by atoms with Gasteiger partial charge in [0, 0.05) is 23.6 Å². The molecule has 25 heavy (non-hydrogen) atoms. The molecule has 0 spiro atoms. The lowest BCUT2D eigenvalue weighted by Crippen LogP contribution is -2.16. The number of aromatic amines is 1. The first kappa shape index (κ1) is 17.5. The predicted molar refractivity (Wildman–Crippen MR) is 98.1 cm³/mol. The Bertz CT molecular complexity index is 963. The Hall–Kier alpha value is -2.35. The van der Waals surface area contributed by atoms with Crippen molar-refractivity contribution >= 4 is 20.9 Å². The summed E-state index contributed by atoms with van der Waals surface area (Å²) in [4.78, 5) is 3.39. The number of benzene rings is 2. The van der Waals surface area contributed by atoms with Gasteiger partial charge in [0.15, 0.2) is 0 Å². The van der Waals surface area contributed by atoms with E-state index in [-0.39, 0.29) is 4.90 Å². The molecule has 1 aromatic heterocycles. The fourth-order valence-corrected chi connectivity index (χ4v) is 3.25. The van der Waals surface area contributed by atoms with Crippen LogP contribution in [0.25, 0.3) is 10.9 Å². The highest BCUT2D eigenvalue weighted by Gasteiger charge is 2.07. The van der Waals surface area contributed by atoms with Crippen LogP contribution in [0.5, 0.6) is 5.75 Å². The van der Waals surface area contributed by atoms with Gasteiger partial charge in [0.1, 0.15) is 5.75 Å². The normalized spacial score (nSPS) is 11.8. The van der Waals surface area contributed by atoms with Crippen LogP contribution in [-0.2, 0) is 23.0 Å². The van der Waals surface area contributed by atoms with Gasteiger partial charge in [-0.15, -0.1) is 0 Å². The monoisotopic (exact) mass is 359 g/mol. The molecule has 0 aliphatic rings. The second-order valence-corrected chi connectivity index (χ2v) is 7.40. The smallest absolute Gasteiger partial charge is 0.238 e. The average Bonchev–Trinajstić information content (AvgIpc) is 3.00. The lowest BCUT2D eigenvalue weighted by atomic mass is 10.1. The van der Waals surface area contributed by atoms with Gasteiger partial charge in [0.25, 0.3) is 0 Å². The molecule has 3 aromatic rings. The Morgan fingerprint density at radius 3 is 2.60 bits per heavy atom. The summed E-state index contributed by atoms with van der Waals surface area (Å²) in [7, 11) is -1.97. The summed E-state index contributed by atoms with van der Waals surface area (Å²) in [5.41, 5.74) is 3.31. The molecule has 7 heteroatoms. The zero-order valence-corrected chi connectivity index (χ0v) is 14.8. The van der Waals surface area contributed by atoms with E-state index in [1.165, 1.54) is 17.7 Å². The SMILES string of the molecule is COc1ccc2[nH]cc(CNCCc3ccc(S(N)(=O)=O)cc3)c2c1. The number of H-pyrrole nitrogens is 1. The first-order chi connectivity index (χ1) is 12.0. The van der Waals surface area contributed by atoms with Gasteiger partial charge in [0.05, 0.1) is 12.0 Å². The van der Waals surface area contributed by atoms with Crippen molar-refractivity contribution in [3.63, 3.8) is 0 Å². The van der Waals surface area contributed by atoms with Crippen molar-refractivity contribution < 1.29 is 13.2 Å². The van der Waals surface area contributed by atoms with Gasteiger partial charge in [-0.2, -0.15) is 0 Å². The second-order valence-electron chi connectivity index (χ2n) is 5.84. The van der Waals surface area contributed by atoms with Gasteiger partial charge >= 0.3 is 0 Å². The fraction of sp³-hybridized carbons (Fsp3) is 0.222. The third kappa shape index (κ3) is 4.19. The minimum atomic E-state index is -3.63. The molecule has 0 aliphatic carbocycles. The molecule has 0 unspecified atom stereocenters. The number of fused-ring (bicyclic) bond motifs is 1. The molecule has 0 saturated carbocycles. The average molecular weight is 359 g/mol. The van der Waals surface area contributed by atoms with E-state index in [0.29, 0.717) is 0 Å². The number of aromatic nitrogens is 1. The summed E-state index contributed by atoms with van der Waals surface area (Å²) >= 11 is 0. The number of rotatable bonds is 7. The Morgan fingerprint density at radius 2 is 1.92 bits per heavy atom. The molecule has 0 radical (unpaired) electrons. The van der Waals surface area contributed by atoms with E-state index in [0.717, 1.165) is 41.7 Å². The van der Waals surface area contributed by atoms with Crippen molar-refractivity contribution in [1.29, 1.82) is 0 Å². The van der Waals surface area contributed by atoms with Gasteiger partial charge in [-0.3, -0.25) is 0 Å². The summed E-state index contributed by atoms with van der Waals surface area (Å²) < 4.78 is 27.8. The third-order valence-electron chi connectivity index (χ3n) is 4.13. The van der Waals surface area contributed by atoms with E-state index in [2.05, 4.69) is 10.3 Å². The van der Waals surface area contributed by atoms with Gasteiger partial charge in [0.2, 0.25) is 10.0 Å². The molecule has 0 aliphatic heterocycles. The number of sulfonamides is 1. The Balaban J connectivity index is 1.57. The van der Waals surface area contributed by atoms with Gasteiger partial charge in [-0.05, 0) is 54.4 Å². The molecule has 132 valence electrons. The summed E-state index contributed by atoms with van der Waals surface area (Å²) in [6.07, 6.45) is 2.80. The highest BCUT2D eigenvalue weighted by atomic mass is 32.2. The minimum Gasteiger partial charge on any atom is -0.497 e. The summed E-state index contributed by atoms with van der Waals surface area (Å²) in [5, 5.41) is 9.65. The van der Waals surface area contributed by atoms with Crippen LogP contribution in [0.2, 0.25) is 0 Å². The quantitative estimate of drug-likeness (QED) is 0.563. The minimum absolute atomic E-state index is 0.136. The van der Waals surface area contributed by atoms with Crippen LogP contribution >= 0.6 is 0 Å². The van der Waals surface area contributed by atoms with E-state index in [1.54, 1.807) is 19.2 Å². The van der Waals surface area contributed by atoms with Crippen LogP contribution in [0.1, 0.15) is 11.1 Å². The zero-order chi connectivity index (χ0) is 17.9. The largest absolute Gasteiger partial charge is 0.497 e. The number of hydrogen-bond donors (Lipinski definition) is 3. The maximum absolute atomic E-state index is 11.2. The second kappa shape index (κ2) is 7.26. The highest BCUT2D eigenvalue weighted by Crippen LogP contribution is 2.23. The Morgan fingerprint density at radius 1 is 1.16 bits per heavy atom. The Kier molecular flexibility index (Phi) is 5.08. The number of ether oxygens (including phenoxy) is 1. The highest BCUT2D eigenvalue weighted by molar-refractivity contribution is 7.89. The molecule has 1 heterocycles. The molecule has 0 saturated heterocycles. The van der Waals surface area contributed by atoms with Crippen molar-refractivity contribution in [2.45, 2.75) is 17.9 Å². The molecule has 0 atom stereocenters. The number of nitrogens with two attached hydrogens (primary N) is 1. The predicted octanol–water partition coefficient (Wildman–Crippen LogP) is 2.16. The summed E-state index contributed by atoms with van der Waals surface area (Å²) in [5.74, 6) is 0.836. The zero-order valence-electron chi connectivity index (χ0n) is 14.0. The summed E-state index contributed by atoms with van der Waals surface area (Å²) in [6, 6.07) is 12.6. The van der Waals surface area contributed by atoms with E-state index in [9.17, 15) is 8.42 Å². The number of nitrogens with one attached hydrogen (secondary N) is 2. The van der Waals surface area contributed by atoms with Crippen molar-refractivity contribution in [3.05, 3.63) is 59.8 Å². The van der Waals surface area contributed by atoms with Crippen LogP contribution < -0.4 is 15.2 Å². The van der Waals surface area contributed by atoms with E-state index in [4.69, 9.17) is 9.88 Å². The fourth-order valence-electron chi connectivity index (χ4n) is 2.73. The van der Waals surface area contributed by atoms with Crippen molar-refractivity contribution in [1.82, 2.24) is 10.3 Å². The molecular formula is C18H21N3O3S. The van der Waals surface area contributed by atoms with Gasteiger partial charge in [-0.1, -0.05) is 12.1 Å². The van der Waals surface area contributed by atoms with Gasteiger partial charge in [-0.25, -0.2) is 13.6 Å². The number of methoxy groups -OCH3 is 1. The van der Waals surface area contributed by atoms with Crippen LogP contribution in [0, 0.1) is 0 Å². The first-order valence-corrected chi connectivity index (χ1v) is 9.48. The molecule has 6 nitrogen and oxygen atoms in total.